The van der Waals surface area contributed by atoms with Crippen molar-refractivity contribution in [1.29, 1.82) is 0 Å². The number of hydrogen-bond donors (Lipinski definition) is 1. The Bertz CT molecular complexity index is 569. The Morgan fingerprint density at radius 3 is 2.41 bits per heavy atom. The molecule has 4 nitrogen and oxygen atoms in total. The second-order valence-corrected chi connectivity index (χ2v) is 3.28. The summed E-state index contributed by atoms with van der Waals surface area (Å²) in [6.07, 6.45) is 2.32. The first-order valence-electron chi connectivity index (χ1n) is 4.65. The Balaban J connectivity index is 2.46. The van der Waals surface area contributed by atoms with Gasteiger partial charge in [-0.3, -0.25) is 4.79 Å². The van der Waals surface area contributed by atoms with Gasteiger partial charge in [0.1, 0.15) is 11.6 Å². The lowest BCUT2D eigenvalue weighted by molar-refractivity contribution is 0.0999. The van der Waals surface area contributed by atoms with Crippen molar-refractivity contribution in [3.63, 3.8) is 0 Å². The molecule has 1 amide bonds. The summed E-state index contributed by atoms with van der Waals surface area (Å²) in [5.41, 5.74) is 5.04. The molecule has 0 radical (unpaired) electrons. The van der Waals surface area contributed by atoms with Gasteiger partial charge in [-0.2, -0.15) is 0 Å². The first-order chi connectivity index (χ1) is 8.08. The summed E-state index contributed by atoms with van der Waals surface area (Å²) in [6, 6.07) is 2.96. The SMILES string of the molecule is NC(=O)c1cnc(-c2cc(F)ccc2F)nc1. The van der Waals surface area contributed by atoms with Gasteiger partial charge < -0.3 is 5.73 Å². The van der Waals surface area contributed by atoms with Crippen LogP contribution in [0.4, 0.5) is 8.78 Å². The van der Waals surface area contributed by atoms with Crippen LogP contribution in [0.2, 0.25) is 0 Å². The van der Waals surface area contributed by atoms with E-state index in [1.54, 1.807) is 0 Å². The van der Waals surface area contributed by atoms with Gasteiger partial charge in [0.2, 0.25) is 0 Å². The fourth-order valence-corrected chi connectivity index (χ4v) is 1.26. The van der Waals surface area contributed by atoms with Crippen molar-refractivity contribution in [3.8, 4) is 11.4 Å². The molecular weight excluding hydrogens is 228 g/mol. The normalized spacial score (nSPS) is 10.2. The molecule has 17 heavy (non-hydrogen) atoms. The first-order valence-corrected chi connectivity index (χ1v) is 4.65. The first kappa shape index (κ1) is 11.1. The molecule has 0 atom stereocenters. The topological polar surface area (TPSA) is 68.9 Å². The fourth-order valence-electron chi connectivity index (χ4n) is 1.26. The van der Waals surface area contributed by atoms with Crippen molar-refractivity contribution in [2.24, 2.45) is 5.73 Å². The molecule has 2 aromatic rings. The van der Waals surface area contributed by atoms with Crippen molar-refractivity contribution in [2.75, 3.05) is 0 Å². The summed E-state index contributed by atoms with van der Waals surface area (Å²) in [4.78, 5) is 18.3. The van der Waals surface area contributed by atoms with E-state index in [4.69, 9.17) is 5.73 Å². The summed E-state index contributed by atoms with van der Waals surface area (Å²) < 4.78 is 26.3. The molecule has 0 unspecified atom stereocenters. The van der Waals surface area contributed by atoms with Crippen LogP contribution in [0.25, 0.3) is 11.4 Å². The van der Waals surface area contributed by atoms with Crippen LogP contribution in [0.5, 0.6) is 0 Å². The minimum absolute atomic E-state index is 0.00741. The van der Waals surface area contributed by atoms with Crippen LogP contribution in [-0.2, 0) is 0 Å². The van der Waals surface area contributed by atoms with Crippen LogP contribution in [0.15, 0.2) is 30.6 Å². The molecule has 0 aliphatic carbocycles. The van der Waals surface area contributed by atoms with Gasteiger partial charge in [0.25, 0.3) is 5.91 Å². The molecule has 0 spiro atoms. The van der Waals surface area contributed by atoms with Crippen LogP contribution in [0.3, 0.4) is 0 Å². The van der Waals surface area contributed by atoms with Crippen LogP contribution in [0, 0.1) is 11.6 Å². The highest BCUT2D eigenvalue weighted by Gasteiger charge is 2.10. The maximum Gasteiger partial charge on any atom is 0.251 e. The molecular formula is C11H7F2N3O. The van der Waals surface area contributed by atoms with Gasteiger partial charge in [-0.1, -0.05) is 0 Å². The van der Waals surface area contributed by atoms with E-state index in [0.29, 0.717) is 0 Å². The van der Waals surface area contributed by atoms with Crippen LogP contribution < -0.4 is 5.73 Å². The highest BCUT2D eigenvalue weighted by molar-refractivity contribution is 5.92. The molecule has 0 fully saturated rings. The highest BCUT2D eigenvalue weighted by Crippen LogP contribution is 2.19. The molecule has 2 N–H and O–H groups in total. The number of primary amides is 1. The van der Waals surface area contributed by atoms with Crippen molar-refractivity contribution >= 4 is 5.91 Å². The van der Waals surface area contributed by atoms with Crippen molar-refractivity contribution in [1.82, 2.24) is 9.97 Å². The Labute approximate surface area is 95.1 Å². The zero-order chi connectivity index (χ0) is 12.4. The minimum atomic E-state index is -0.684. The lowest BCUT2D eigenvalue weighted by Gasteiger charge is -2.02. The molecule has 6 heteroatoms. The van der Waals surface area contributed by atoms with Crippen molar-refractivity contribution in [2.45, 2.75) is 0 Å². The van der Waals surface area contributed by atoms with Gasteiger partial charge in [0.05, 0.1) is 11.1 Å². The molecule has 1 heterocycles. The predicted octanol–water partition coefficient (Wildman–Crippen LogP) is 1.52. The van der Waals surface area contributed by atoms with Crippen LogP contribution in [0.1, 0.15) is 10.4 Å². The van der Waals surface area contributed by atoms with E-state index in [9.17, 15) is 13.6 Å². The number of carbonyl (C=O) groups excluding carboxylic acids is 1. The number of amides is 1. The number of carbonyl (C=O) groups is 1. The molecule has 0 saturated heterocycles. The second kappa shape index (κ2) is 4.25. The largest absolute Gasteiger partial charge is 0.366 e. The number of aromatic nitrogens is 2. The summed E-state index contributed by atoms with van der Waals surface area (Å²) in [5, 5.41) is 0. The number of nitrogens with zero attached hydrogens (tertiary/aromatic N) is 2. The summed E-state index contributed by atoms with van der Waals surface area (Å²) >= 11 is 0. The third-order valence-corrected chi connectivity index (χ3v) is 2.11. The van der Waals surface area contributed by atoms with E-state index in [1.165, 1.54) is 0 Å². The molecule has 86 valence electrons. The molecule has 0 bridgehead atoms. The quantitative estimate of drug-likeness (QED) is 0.857. The Morgan fingerprint density at radius 2 is 1.82 bits per heavy atom. The zero-order valence-corrected chi connectivity index (χ0v) is 8.52. The van der Waals surface area contributed by atoms with Crippen LogP contribution in [-0.4, -0.2) is 15.9 Å². The third-order valence-electron chi connectivity index (χ3n) is 2.11. The fraction of sp³-hybridized carbons (Fsp3) is 0. The lowest BCUT2D eigenvalue weighted by atomic mass is 10.2. The zero-order valence-electron chi connectivity index (χ0n) is 8.52. The average molecular weight is 235 g/mol. The highest BCUT2D eigenvalue weighted by atomic mass is 19.1. The van der Waals surface area contributed by atoms with Gasteiger partial charge in [0.15, 0.2) is 5.82 Å². The predicted molar refractivity (Wildman–Crippen MR) is 55.9 cm³/mol. The molecule has 0 aliphatic heterocycles. The van der Waals surface area contributed by atoms with E-state index in [1.807, 2.05) is 0 Å². The number of hydrogen-bond acceptors (Lipinski definition) is 3. The molecule has 1 aromatic heterocycles. The summed E-state index contributed by atoms with van der Waals surface area (Å²) in [7, 11) is 0. The Hall–Kier alpha value is -2.37. The van der Waals surface area contributed by atoms with E-state index < -0.39 is 17.5 Å². The standard InChI is InChI=1S/C11H7F2N3O/c12-7-1-2-9(13)8(3-7)11-15-4-6(5-16-11)10(14)17/h1-5H,(H2,14,17). The summed E-state index contributed by atoms with van der Waals surface area (Å²) in [6.45, 7) is 0. The molecule has 1 aromatic carbocycles. The molecule has 2 rings (SSSR count). The molecule has 0 aliphatic rings. The van der Waals surface area contributed by atoms with Crippen molar-refractivity contribution < 1.29 is 13.6 Å². The van der Waals surface area contributed by atoms with Crippen LogP contribution >= 0.6 is 0 Å². The number of rotatable bonds is 2. The van der Waals surface area contributed by atoms with E-state index in [0.717, 1.165) is 30.6 Å². The minimum Gasteiger partial charge on any atom is -0.366 e. The third kappa shape index (κ3) is 2.25. The van der Waals surface area contributed by atoms with E-state index >= 15 is 0 Å². The Morgan fingerprint density at radius 1 is 1.18 bits per heavy atom. The van der Waals surface area contributed by atoms with Gasteiger partial charge in [-0.15, -0.1) is 0 Å². The average Bonchev–Trinajstić information content (AvgIpc) is 2.32. The summed E-state index contributed by atoms with van der Waals surface area (Å²) in [5.74, 6) is -1.93. The maximum absolute atomic E-state index is 13.4. The van der Waals surface area contributed by atoms with E-state index in [-0.39, 0.29) is 17.0 Å². The monoisotopic (exact) mass is 235 g/mol. The molecule has 0 saturated carbocycles. The number of nitrogens with two attached hydrogens (primary N) is 1. The van der Waals surface area contributed by atoms with Gasteiger partial charge >= 0.3 is 0 Å². The Kier molecular flexibility index (Phi) is 2.78. The van der Waals surface area contributed by atoms with Gasteiger partial charge in [-0.05, 0) is 18.2 Å². The second-order valence-electron chi connectivity index (χ2n) is 3.28. The van der Waals surface area contributed by atoms with Gasteiger partial charge in [0, 0.05) is 12.4 Å². The van der Waals surface area contributed by atoms with Gasteiger partial charge in [-0.25, -0.2) is 18.7 Å². The van der Waals surface area contributed by atoms with E-state index in [2.05, 4.69) is 9.97 Å². The number of benzene rings is 1. The smallest absolute Gasteiger partial charge is 0.251 e. The lowest BCUT2D eigenvalue weighted by Crippen LogP contribution is -2.11. The van der Waals surface area contributed by atoms with Crippen molar-refractivity contribution in [3.05, 3.63) is 47.8 Å². The maximum atomic E-state index is 13.4. The number of halogens is 2.